The first-order valence-electron chi connectivity index (χ1n) is 9.12. The minimum Gasteiger partial charge on any atom is -0.337 e. The van der Waals surface area contributed by atoms with Crippen molar-refractivity contribution in [2.24, 2.45) is 0 Å². The summed E-state index contributed by atoms with van der Waals surface area (Å²) in [6.45, 7) is 1.35. The van der Waals surface area contributed by atoms with Gasteiger partial charge in [0.25, 0.3) is 5.91 Å². The first kappa shape index (κ1) is 19.9. The molecule has 0 N–H and O–H groups in total. The van der Waals surface area contributed by atoms with Crippen LogP contribution in [-0.4, -0.2) is 33.2 Å². The van der Waals surface area contributed by atoms with Crippen molar-refractivity contribution < 1.29 is 4.79 Å². The number of aryl methyl sites for hydroxylation is 1. The molecule has 29 heavy (non-hydrogen) atoms. The van der Waals surface area contributed by atoms with Crippen LogP contribution in [0.25, 0.3) is 10.2 Å². The molecule has 8 heteroatoms. The second-order valence-corrected chi connectivity index (χ2v) is 8.77. The van der Waals surface area contributed by atoms with Crippen LogP contribution in [0.4, 0.5) is 5.13 Å². The maximum atomic E-state index is 13.3. The van der Waals surface area contributed by atoms with E-state index in [9.17, 15) is 4.79 Å². The standard InChI is InChI=1S/C21H19ClN4OS2/c1-28-17-6-3-15(4-7-17)20(27)26(11-2-10-25-12-9-23-14-25)21-24-18-8-5-16(22)13-19(18)29-21/h3-9,12-14H,2,10-11H2,1H3. The summed E-state index contributed by atoms with van der Waals surface area (Å²) in [4.78, 5) is 25.0. The number of nitrogens with zero attached hydrogens (tertiary/aromatic N) is 4. The van der Waals surface area contributed by atoms with Crippen molar-refractivity contribution in [3.8, 4) is 0 Å². The molecule has 2 heterocycles. The zero-order chi connectivity index (χ0) is 20.2. The van der Waals surface area contributed by atoms with Crippen LogP contribution in [0.3, 0.4) is 0 Å². The number of benzene rings is 2. The number of halogens is 1. The summed E-state index contributed by atoms with van der Waals surface area (Å²) in [5.41, 5.74) is 1.50. The fourth-order valence-electron chi connectivity index (χ4n) is 3.01. The van der Waals surface area contributed by atoms with E-state index >= 15 is 0 Å². The number of thiazole rings is 1. The third-order valence-corrected chi connectivity index (χ3v) is 6.53. The van der Waals surface area contributed by atoms with Gasteiger partial charge in [-0.2, -0.15) is 0 Å². The van der Waals surface area contributed by atoms with Gasteiger partial charge in [0, 0.05) is 41.0 Å². The van der Waals surface area contributed by atoms with Crippen LogP contribution >= 0.6 is 34.7 Å². The smallest absolute Gasteiger partial charge is 0.260 e. The van der Waals surface area contributed by atoms with E-state index in [2.05, 4.69) is 4.98 Å². The monoisotopic (exact) mass is 442 g/mol. The van der Waals surface area contributed by atoms with Gasteiger partial charge in [-0.05, 0) is 55.1 Å². The van der Waals surface area contributed by atoms with E-state index in [1.807, 2.05) is 59.5 Å². The highest BCUT2D eigenvalue weighted by molar-refractivity contribution is 7.98. The van der Waals surface area contributed by atoms with Gasteiger partial charge in [0.15, 0.2) is 5.13 Å². The molecular formula is C21H19ClN4OS2. The van der Waals surface area contributed by atoms with Crippen molar-refractivity contribution in [3.63, 3.8) is 0 Å². The molecule has 5 nitrogen and oxygen atoms in total. The van der Waals surface area contributed by atoms with Crippen molar-refractivity contribution in [2.75, 3.05) is 17.7 Å². The van der Waals surface area contributed by atoms with Gasteiger partial charge in [-0.25, -0.2) is 9.97 Å². The first-order valence-corrected chi connectivity index (χ1v) is 11.5. The van der Waals surface area contributed by atoms with E-state index in [0.717, 1.165) is 28.1 Å². The highest BCUT2D eigenvalue weighted by Gasteiger charge is 2.21. The van der Waals surface area contributed by atoms with Crippen LogP contribution in [0.5, 0.6) is 0 Å². The lowest BCUT2D eigenvalue weighted by molar-refractivity contribution is 0.0986. The molecule has 0 bridgehead atoms. The minimum absolute atomic E-state index is 0.0477. The number of hydrogen-bond donors (Lipinski definition) is 0. The molecule has 0 aliphatic heterocycles. The normalized spacial score (nSPS) is 11.1. The molecule has 0 atom stereocenters. The van der Waals surface area contributed by atoms with Crippen molar-refractivity contribution in [3.05, 3.63) is 71.8 Å². The number of hydrogen-bond acceptors (Lipinski definition) is 5. The molecule has 0 fully saturated rings. The van der Waals surface area contributed by atoms with E-state index in [0.29, 0.717) is 22.3 Å². The predicted octanol–water partition coefficient (Wildman–Crippen LogP) is 5.61. The second-order valence-electron chi connectivity index (χ2n) is 6.45. The van der Waals surface area contributed by atoms with Gasteiger partial charge in [-0.3, -0.25) is 9.69 Å². The number of fused-ring (bicyclic) bond motifs is 1. The zero-order valence-corrected chi connectivity index (χ0v) is 18.2. The molecule has 4 rings (SSSR count). The van der Waals surface area contributed by atoms with Gasteiger partial charge in [0.2, 0.25) is 0 Å². The second kappa shape index (κ2) is 8.98. The molecule has 0 spiro atoms. The van der Waals surface area contributed by atoms with Crippen LogP contribution in [0.1, 0.15) is 16.8 Å². The Bertz CT molecular complexity index is 1110. The van der Waals surface area contributed by atoms with Gasteiger partial charge < -0.3 is 4.57 Å². The fourth-order valence-corrected chi connectivity index (χ4v) is 4.68. The molecule has 148 valence electrons. The molecule has 4 aromatic rings. The summed E-state index contributed by atoms with van der Waals surface area (Å²) < 4.78 is 2.98. The number of amides is 1. The van der Waals surface area contributed by atoms with E-state index in [4.69, 9.17) is 16.6 Å². The lowest BCUT2D eigenvalue weighted by Gasteiger charge is -2.20. The number of rotatable bonds is 7. The number of thioether (sulfide) groups is 1. The lowest BCUT2D eigenvalue weighted by Crippen LogP contribution is -2.32. The summed E-state index contributed by atoms with van der Waals surface area (Å²) in [5.74, 6) is -0.0477. The first-order chi connectivity index (χ1) is 14.1. The Balaban J connectivity index is 1.61. The maximum Gasteiger partial charge on any atom is 0.260 e. The number of carbonyl (C=O) groups is 1. The Morgan fingerprint density at radius 2 is 2.07 bits per heavy atom. The topological polar surface area (TPSA) is 51.0 Å². The van der Waals surface area contributed by atoms with Gasteiger partial charge in [-0.1, -0.05) is 22.9 Å². The Morgan fingerprint density at radius 3 is 2.79 bits per heavy atom. The molecule has 2 aromatic carbocycles. The van der Waals surface area contributed by atoms with Crippen LogP contribution in [0.2, 0.25) is 5.02 Å². The lowest BCUT2D eigenvalue weighted by atomic mass is 10.2. The quantitative estimate of drug-likeness (QED) is 0.349. The maximum absolute atomic E-state index is 13.3. The Labute approximate surface area is 182 Å². The zero-order valence-electron chi connectivity index (χ0n) is 15.8. The number of aromatic nitrogens is 3. The number of carbonyl (C=O) groups excluding carboxylic acids is 1. The van der Waals surface area contributed by atoms with E-state index < -0.39 is 0 Å². The molecule has 0 saturated carbocycles. The van der Waals surface area contributed by atoms with Crippen LogP contribution < -0.4 is 4.90 Å². The van der Waals surface area contributed by atoms with Gasteiger partial charge in [0.05, 0.1) is 16.5 Å². The SMILES string of the molecule is CSc1ccc(C(=O)N(CCCn2ccnc2)c2nc3ccc(Cl)cc3s2)cc1. The highest BCUT2D eigenvalue weighted by Crippen LogP contribution is 2.32. The van der Waals surface area contributed by atoms with Gasteiger partial charge in [-0.15, -0.1) is 11.8 Å². The van der Waals surface area contributed by atoms with Crippen molar-refractivity contribution in [2.45, 2.75) is 17.9 Å². The minimum atomic E-state index is -0.0477. The number of imidazole rings is 1. The van der Waals surface area contributed by atoms with Gasteiger partial charge >= 0.3 is 0 Å². The average molecular weight is 443 g/mol. The third-order valence-electron chi connectivity index (χ3n) is 4.51. The highest BCUT2D eigenvalue weighted by atomic mass is 35.5. The van der Waals surface area contributed by atoms with Crippen molar-refractivity contribution in [1.82, 2.24) is 14.5 Å². The molecule has 0 radical (unpaired) electrons. The molecule has 2 aromatic heterocycles. The summed E-state index contributed by atoms with van der Waals surface area (Å²) in [7, 11) is 0. The molecular weight excluding hydrogens is 424 g/mol. The Hall–Kier alpha value is -2.35. The third kappa shape index (κ3) is 4.63. The summed E-state index contributed by atoms with van der Waals surface area (Å²) in [6, 6.07) is 13.3. The van der Waals surface area contributed by atoms with E-state index in [1.54, 1.807) is 29.2 Å². The Morgan fingerprint density at radius 1 is 1.24 bits per heavy atom. The average Bonchev–Trinajstić information content (AvgIpc) is 3.40. The molecule has 1 amide bonds. The van der Waals surface area contributed by atoms with Crippen molar-refractivity contribution in [1.29, 1.82) is 0 Å². The summed E-state index contributed by atoms with van der Waals surface area (Å²) in [5, 5.41) is 1.35. The molecule has 0 aliphatic carbocycles. The van der Waals surface area contributed by atoms with Crippen LogP contribution in [0, 0.1) is 0 Å². The molecule has 0 saturated heterocycles. The molecule has 0 unspecified atom stereocenters. The van der Waals surface area contributed by atoms with E-state index in [-0.39, 0.29) is 5.91 Å². The summed E-state index contributed by atoms with van der Waals surface area (Å²) >= 11 is 9.26. The van der Waals surface area contributed by atoms with Crippen molar-refractivity contribution >= 4 is 56.0 Å². The van der Waals surface area contributed by atoms with Gasteiger partial charge in [0.1, 0.15) is 0 Å². The van der Waals surface area contributed by atoms with Crippen LogP contribution in [-0.2, 0) is 6.54 Å². The largest absolute Gasteiger partial charge is 0.337 e. The number of anilines is 1. The van der Waals surface area contributed by atoms with Crippen LogP contribution in [0.15, 0.2) is 66.1 Å². The summed E-state index contributed by atoms with van der Waals surface area (Å²) in [6.07, 6.45) is 8.28. The van der Waals surface area contributed by atoms with E-state index in [1.165, 1.54) is 11.3 Å². The predicted molar refractivity (Wildman–Crippen MR) is 121 cm³/mol. The fraction of sp³-hybridized carbons (Fsp3) is 0.190. The Kier molecular flexibility index (Phi) is 6.18. The molecule has 0 aliphatic rings.